The van der Waals surface area contributed by atoms with E-state index in [9.17, 15) is 4.79 Å². The molecule has 2 aromatic rings. The molecular weight excluding hydrogens is 323 g/mol. The van der Waals surface area contributed by atoms with Crippen molar-refractivity contribution in [3.63, 3.8) is 0 Å². The Morgan fingerprint density at radius 2 is 2.00 bits per heavy atom. The first-order chi connectivity index (χ1) is 10.4. The molecule has 0 atom stereocenters. The van der Waals surface area contributed by atoms with Crippen LogP contribution in [-0.2, 0) is 11.3 Å². The van der Waals surface area contributed by atoms with Gasteiger partial charge >= 0.3 is 5.97 Å². The van der Waals surface area contributed by atoms with Gasteiger partial charge in [0.05, 0.1) is 22.3 Å². The van der Waals surface area contributed by atoms with Crippen molar-refractivity contribution in [1.82, 2.24) is 9.78 Å². The number of carbonyl (C=O) groups excluding carboxylic acids is 1. The number of hydrogen-bond acceptors (Lipinski definition) is 3. The number of rotatable bonds is 5. The highest BCUT2D eigenvalue weighted by molar-refractivity contribution is 6.42. The van der Waals surface area contributed by atoms with Crippen LogP contribution in [0.25, 0.3) is 0 Å². The number of ether oxygens (including phenoxy) is 1. The number of halogens is 2. The lowest BCUT2D eigenvalue weighted by Crippen LogP contribution is -2.11. The number of nitrogens with zero attached hydrogens (tertiary/aromatic N) is 2. The van der Waals surface area contributed by atoms with Gasteiger partial charge in [-0.3, -0.25) is 4.79 Å². The summed E-state index contributed by atoms with van der Waals surface area (Å²) >= 11 is 12.0. The van der Waals surface area contributed by atoms with Crippen LogP contribution in [0.1, 0.15) is 44.4 Å². The summed E-state index contributed by atoms with van der Waals surface area (Å²) in [5.41, 5.74) is 1.81. The van der Waals surface area contributed by atoms with E-state index in [1.165, 1.54) is 0 Å². The maximum atomic E-state index is 11.6. The molecule has 118 valence electrons. The molecule has 0 fully saturated rings. The number of hydrogen-bond donors (Lipinski definition) is 0. The molecule has 1 heterocycles. The minimum Gasteiger partial charge on any atom is -0.408 e. The minimum atomic E-state index is -0.286. The Bertz CT molecular complexity index is 681. The molecule has 0 N–H and O–H groups in total. The maximum Gasteiger partial charge on any atom is 0.312 e. The highest BCUT2D eigenvalue weighted by atomic mass is 35.5. The molecule has 1 aromatic heterocycles. The molecule has 22 heavy (non-hydrogen) atoms. The first-order valence-electron chi connectivity index (χ1n) is 7.13. The van der Waals surface area contributed by atoms with E-state index in [0.29, 0.717) is 28.9 Å². The van der Waals surface area contributed by atoms with Crippen molar-refractivity contribution in [2.24, 2.45) is 0 Å². The van der Waals surface area contributed by atoms with Crippen LogP contribution in [0.2, 0.25) is 10.0 Å². The Labute approximate surface area is 140 Å². The standard InChI is InChI=1S/C16H18Cl2N2O2/c1-4-16(21)22-15-8-14(10(2)3)19-20(15)9-11-5-6-12(17)13(18)7-11/h5-8,10H,4,9H2,1-3H3. The van der Waals surface area contributed by atoms with E-state index >= 15 is 0 Å². The Morgan fingerprint density at radius 3 is 2.59 bits per heavy atom. The summed E-state index contributed by atoms with van der Waals surface area (Å²) in [4.78, 5) is 11.6. The molecule has 0 saturated carbocycles. The third kappa shape index (κ3) is 4.02. The van der Waals surface area contributed by atoms with Crippen molar-refractivity contribution >= 4 is 29.2 Å². The quantitative estimate of drug-likeness (QED) is 0.742. The normalized spacial score (nSPS) is 11.0. The molecule has 0 amide bonds. The topological polar surface area (TPSA) is 44.1 Å². The van der Waals surface area contributed by atoms with Crippen molar-refractivity contribution in [3.8, 4) is 5.88 Å². The van der Waals surface area contributed by atoms with Crippen molar-refractivity contribution in [3.05, 3.63) is 45.6 Å². The average Bonchev–Trinajstić information content (AvgIpc) is 2.86. The van der Waals surface area contributed by atoms with Crippen LogP contribution < -0.4 is 4.74 Å². The van der Waals surface area contributed by atoms with Crippen LogP contribution in [0.15, 0.2) is 24.3 Å². The summed E-state index contributed by atoms with van der Waals surface area (Å²) in [5.74, 6) is 0.404. The number of esters is 1. The summed E-state index contributed by atoms with van der Waals surface area (Å²) in [7, 11) is 0. The zero-order chi connectivity index (χ0) is 16.3. The van der Waals surface area contributed by atoms with Gasteiger partial charge < -0.3 is 4.74 Å². The molecule has 4 nitrogen and oxygen atoms in total. The highest BCUT2D eigenvalue weighted by Gasteiger charge is 2.15. The van der Waals surface area contributed by atoms with E-state index in [0.717, 1.165) is 11.3 Å². The SMILES string of the molecule is CCC(=O)Oc1cc(C(C)C)nn1Cc1ccc(Cl)c(Cl)c1. The minimum absolute atomic E-state index is 0.245. The van der Waals surface area contributed by atoms with Gasteiger partial charge in [-0.25, -0.2) is 4.68 Å². The van der Waals surface area contributed by atoms with E-state index in [4.69, 9.17) is 27.9 Å². The average molecular weight is 341 g/mol. The molecule has 0 bridgehead atoms. The fourth-order valence-corrected chi connectivity index (χ4v) is 2.22. The predicted octanol–water partition coefficient (Wildman–Crippen LogP) is 4.68. The van der Waals surface area contributed by atoms with Crippen LogP contribution in [0.3, 0.4) is 0 Å². The summed E-state index contributed by atoms with van der Waals surface area (Å²) in [6, 6.07) is 7.20. The van der Waals surface area contributed by atoms with Gasteiger partial charge in [-0.15, -0.1) is 0 Å². The van der Waals surface area contributed by atoms with Crippen LogP contribution in [-0.4, -0.2) is 15.7 Å². The largest absolute Gasteiger partial charge is 0.408 e. The Hall–Kier alpha value is -1.52. The number of aromatic nitrogens is 2. The van der Waals surface area contributed by atoms with Crippen molar-refractivity contribution < 1.29 is 9.53 Å². The lowest BCUT2D eigenvalue weighted by atomic mass is 10.1. The summed E-state index contributed by atoms with van der Waals surface area (Å²) in [6.45, 7) is 6.29. The number of benzene rings is 1. The van der Waals surface area contributed by atoms with Gasteiger partial charge in [0.15, 0.2) is 0 Å². The Balaban J connectivity index is 2.31. The van der Waals surface area contributed by atoms with Crippen LogP contribution in [0, 0.1) is 0 Å². The summed E-state index contributed by atoms with van der Waals surface area (Å²) in [6.07, 6.45) is 0.314. The summed E-state index contributed by atoms with van der Waals surface area (Å²) in [5, 5.41) is 5.50. The van der Waals surface area contributed by atoms with E-state index in [1.54, 1.807) is 29.8 Å². The van der Waals surface area contributed by atoms with Crippen LogP contribution in [0.5, 0.6) is 5.88 Å². The van der Waals surface area contributed by atoms with Crippen LogP contribution >= 0.6 is 23.2 Å². The molecule has 1 aromatic carbocycles. The van der Waals surface area contributed by atoms with Gasteiger partial charge in [0, 0.05) is 12.5 Å². The zero-order valence-corrected chi connectivity index (χ0v) is 14.3. The lowest BCUT2D eigenvalue weighted by Gasteiger charge is -2.08. The van der Waals surface area contributed by atoms with Gasteiger partial charge in [-0.1, -0.05) is 50.0 Å². The Morgan fingerprint density at radius 1 is 1.27 bits per heavy atom. The van der Waals surface area contributed by atoms with Gasteiger partial charge in [0.1, 0.15) is 0 Å². The second-order valence-electron chi connectivity index (χ2n) is 5.30. The molecule has 0 radical (unpaired) electrons. The molecule has 0 spiro atoms. The first-order valence-corrected chi connectivity index (χ1v) is 7.88. The van der Waals surface area contributed by atoms with Gasteiger partial charge in [0.2, 0.25) is 5.88 Å². The molecule has 0 aliphatic rings. The van der Waals surface area contributed by atoms with E-state index < -0.39 is 0 Å². The Kier molecular flexibility index (Phi) is 5.48. The highest BCUT2D eigenvalue weighted by Crippen LogP contribution is 2.25. The second-order valence-corrected chi connectivity index (χ2v) is 6.11. The van der Waals surface area contributed by atoms with Crippen molar-refractivity contribution in [1.29, 1.82) is 0 Å². The maximum absolute atomic E-state index is 11.6. The van der Waals surface area contributed by atoms with Crippen molar-refractivity contribution in [2.45, 2.75) is 39.7 Å². The molecule has 0 aliphatic heterocycles. The monoisotopic (exact) mass is 340 g/mol. The van der Waals surface area contributed by atoms with Crippen molar-refractivity contribution in [2.75, 3.05) is 0 Å². The van der Waals surface area contributed by atoms with Gasteiger partial charge in [-0.05, 0) is 23.6 Å². The molecule has 0 aliphatic carbocycles. The predicted molar refractivity (Wildman–Crippen MR) is 87.8 cm³/mol. The van der Waals surface area contributed by atoms with E-state index in [1.807, 2.05) is 19.9 Å². The molecule has 0 saturated heterocycles. The summed E-state index contributed by atoms with van der Waals surface area (Å²) < 4.78 is 7.02. The smallest absolute Gasteiger partial charge is 0.312 e. The molecule has 0 unspecified atom stereocenters. The van der Waals surface area contributed by atoms with Gasteiger partial charge in [0.25, 0.3) is 0 Å². The molecule has 6 heteroatoms. The van der Waals surface area contributed by atoms with E-state index in [-0.39, 0.29) is 11.9 Å². The molecular formula is C16H18Cl2N2O2. The van der Waals surface area contributed by atoms with Gasteiger partial charge in [-0.2, -0.15) is 5.10 Å². The molecule has 2 rings (SSSR count). The third-order valence-electron chi connectivity index (χ3n) is 3.18. The fourth-order valence-electron chi connectivity index (χ4n) is 1.90. The first kappa shape index (κ1) is 16.8. The number of carbonyl (C=O) groups is 1. The van der Waals surface area contributed by atoms with E-state index in [2.05, 4.69) is 5.10 Å². The lowest BCUT2D eigenvalue weighted by molar-refractivity contribution is -0.134. The third-order valence-corrected chi connectivity index (χ3v) is 3.92. The second kappa shape index (κ2) is 7.16. The zero-order valence-electron chi connectivity index (χ0n) is 12.8. The fraction of sp³-hybridized carbons (Fsp3) is 0.375. The van der Waals surface area contributed by atoms with Crippen LogP contribution in [0.4, 0.5) is 0 Å².